The minimum absolute atomic E-state index is 0.409. The second-order valence-corrected chi connectivity index (χ2v) is 10.4. The van der Waals surface area contributed by atoms with Crippen molar-refractivity contribution in [2.75, 3.05) is 32.8 Å². The molecule has 0 spiro atoms. The van der Waals surface area contributed by atoms with Crippen LogP contribution in [0.15, 0.2) is 0 Å². The average Bonchev–Trinajstić information content (AvgIpc) is 3.37. The van der Waals surface area contributed by atoms with Crippen LogP contribution in [0.2, 0.25) is 0 Å². The molecule has 2 rings (SSSR count). The molecule has 0 unspecified atom stereocenters. The van der Waals surface area contributed by atoms with E-state index in [1.165, 1.54) is 140 Å². The van der Waals surface area contributed by atoms with Crippen molar-refractivity contribution in [2.45, 2.75) is 135 Å². The summed E-state index contributed by atoms with van der Waals surface area (Å²) in [5.41, 5.74) is 0. The number of nitrogens with zero attached hydrogens (tertiary/aromatic N) is 2. The number of rotatable bonds is 19. The largest absolute Gasteiger partial charge is 0.306 e. The molecule has 1 amide bonds. The fourth-order valence-electron chi connectivity index (χ4n) is 5.65. The molecule has 0 radical (unpaired) electrons. The van der Waals surface area contributed by atoms with Gasteiger partial charge in [0.2, 0.25) is 5.91 Å². The van der Waals surface area contributed by atoms with Crippen molar-refractivity contribution < 1.29 is 9.28 Å². The highest BCUT2D eigenvalue weighted by molar-refractivity contribution is 5.77. The number of carbonyl (C=O) groups is 1. The van der Waals surface area contributed by atoms with E-state index in [2.05, 4.69) is 11.8 Å². The van der Waals surface area contributed by atoms with Gasteiger partial charge in [-0.1, -0.05) is 96.8 Å². The lowest BCUT2D eigenvalue weighted by Gasteiger charge is -2.37. The normalized spacial score (nSPS) is 18.6. The van der Waals surface area contributed by atoms with Crippen LogP contribution in [0.3, 0.4) is 0 Å². The van der Waals surface area contributed by atoms with Gasteiger partial charge in [-0.25, -0.2) is 0 Å². The van der Waals surface area contributed by atoms with Crippen LogP contribution in [0.4, 0.5) is 0 Å². The summed E-state index contributed by atoms with van der Waals surface area (Å²) < 4.78 is 1.21. The Morgan fingerprint density at radius 1 is 0.667 bits per heavy atom. The fourth-order valence-corrected chi connectivity index (χ4v) is 5.65. The van der Waals surface area contributed by atoms with E-state index in [4.69, 9.17) is 0 Å². The van der Waals surface area contributed by atoms with E-state index in [-0.39, 0.29) is 0 Å². The van der Waals surface area contributed by atoms with Crippen LogP contribution in [-0.2, 0) is 4.79 Å². The Kier molecular flexibility index (Phi) is 13.8. The quantitative estimate of drug-likeness (QED) is 0.157. The van der Waals surface area contributed by atoms with E-state index in [1.807, 2.05) is 0 Å². The maximum absolute atomic E-state index is 12.0. The first kappa shape index (κ1) is 25.7. The van der Waals surface area contributed by atoms with Gasteiger partial charge >= 0.3 is 0 Å². The molecule has 0 aromatic rings. The number of unbranched alkanes of at least 4 members (excludes halogenated alkanes) is 15. The summed E-state index contributed by atoms with van der Waals surface area (Å²) in [6.45, 7) is 8.24. The molecule has 176 valence electrons. The second kappa shape index (κ2) is 16.1. The molecule has 0 aliphatic carbocycles. The number of amides is 1. The predicted octanol–water partition coefficient (Wildman–Crippen LogP) is 7.44. The number of hydrogen-bond donors (Lipinski definition) is 0. The number of likely N-dealkylation sites (tertiary alicyclic amines) is 2. The van der Waals surface area contributed by atoms with Crippen molar-refractivity contribution in [2.24, 2.45) is 0 Å². The van der Waals surface area contributed by atoms with Crippen LogP contribution in [-0.4, -0.2) is 48.1 Å². The predicted molar refractivity (Wildman–Crippen MR) is 129 cm³/mol. The summed E-state index contributed by atoms with van der Waals surface area (Å²) in [5, 5.41) is 0. The first-order valence-electron chi connectivity index (χ1n) is 13.9. The SMILES string of the molecule is CCCCCCCCCCCCCCCCCC[N+]1(CN2CCCC2=O)CCCC1. The van der Waals surface area contributed by atoms with Gasteiger partial charge in [0.1, 0.15) is 0 Å². The van der Waals surface area contributed by atoms with Gasteiger partial charge in [0, 0.05) is 25.8 Å². The maximum atomic E-state index is 12.0. The van der Waals surface area contributed by atoms with Crippen molar-refractivity contribution in [1.82, 2.24) is 4.90 Å². The standard InChI is InChI=1S/C27H53N2O/c1-2-3-4-5-6-7-8-9-10-11-12-13-14-15-16-17-23-29(24-18-19-25-29)26-28-22-20-21-27(28)30/h2-26H2,1H3/q+1. The number of quaternary nitrogens is 1. The Balaban J connectivity index is 1.37. The molecule has 0 N–H and O–H groups in total. The van der Waals surface area contributed by atoms with Gasteiger partial charge in [0.25, 0.3) is 0 Å². The van der Waals surface area contributed by atoms with Crippen molar-refractivity contribution in [3.63, 3.8) is 0 Å². The van der Waals surface area contributed by atoms with Gasteiger partial charge in [-0.15, -0.1) is 0 Å². The smallest absolute Gasteiger partial charge is 0.226 e. The Labute approximate surface area is 188 Å². The molecule has 0 saturated carbocycles. The zero-order chi connectivity index (χ0) is 21.3. The summed E-state index contributed by atoms with van der Waals surface area (Å²) in [7, 11) is 0. The summed E-state index contributed by atoms with van der Waals surface area (Å²) in [6, 6.07) is 0. The van der Waals surface area contributed by atoms with Gasteiger partial charge in [0.15, 0.2) is 6.67 Å². The topological polar surface area (TPSA) is 20.3 Å². The molecule has 2 aliphatic rings. The lowest BCUT2D eigenvalue weighted by Crippen LogP contribution is -2.53. The molecule has 0 aromatic heterocycles. The highest BCUT2D eigenvalue weighted by Gasteiger charge is 2.36. The lowest BCUT2D eigenvalue weighted by molar-refractivity contribution is -0.925. The van der Waals surface area contributed by atoms with Crippen LogP contribution < -0.4 is 0 Å². The molecule has 0 aromatic carbocycles. The summed E-state index contributed by atoms with van der Waals surface area (Å²) in [5.74, 6) is 0.409. The van der Waals surface area contributed by atoms with Gasteiger partial charge < -0.3 is 4.48 Å². The molecular formula is C27H53N2O+. The van der Waals surface area contributed by atoms with Crippen molar-refractivity contribution in [3.05, 3.63) is 0 Å². The Hall–Kier alpha value is -0.570. The summed E-state index contributed by atoms with van der Waals surface area (Å²) >= 11 is 0. The van der Waals surface area contributed by atoms with Crippen LogP contribution in [0.1, 0.15) is 135 Å². The first-order chi connectivity index (χ1) is 14.8. The maximum Gasteiger partial charge on any atom is 0.226 e. The second-order valence-electron chi connectivity index (χ2n) is 10.4. The van der Waals surface area contributed by atoms with E-state index in [0.717, 1.165) is 26.1 Å². The molecule has 30 heavy (non-hydrogen) atoms. The molecule has 2 saturated heterocycles. The molecular weight excluding hydrogens is 368 g/mol. The lowest BCUT2D eigenvalue weighted by atomic mass is 10.0. The van der Waals surface area contributed by atoms with Crippen molar-refractivity contribution in [1.29, 1.82) is 0 Å². The van der Waals surface area contributed by atoms with E-state index in [0.29, 0.717) is 5.91 Å². The van der Waals surface area contributed by atoms with E-state index >= 15 is 0 Å². The molecule has 3 nitrogen and oxygen atoms in total. The summed E-state index contributed by atoms with van der Waals surface area (Å²) in [6.07, 6.45) is 27.6. The van der Waals surface area contributed by atoms with Gasteiger partial charge in [-0.05, 0) is 19.3 Å². The summed E-state index contributed by atoms with van der Waals surface area (Å²) in [4.78, 5) is 14.2. The van der Waals surface area contributed by atoms with E-state index < -0.39 is 0 Å². The Morgan fingerprint density at radius 2 is 1.13 bits per heavy atom. The Morgan fingerprint density at radius 3 is 1.57 bits per heavy atom. The number of hydrogen-bond acceptors (Lipinski definition) is 1. The molecule has 2 aliphatic heterocycles. The zero-order valence-electron chi connectivity index (χ0n) is 20.5. The zero-order valence-corrected chi connectivity index (χ0v) is 20.5. The number of carbonyl (C=O) groups excluding carboxylic acids is 1. The third-order valence-electron chi connectivity index (χ3n) is 7.64. The average molecular weight is 422 g/mol. The molecule has 3 heteroatoms. The molecule has 0 bridgehead atoms. The molecule has 2 heterocycles. The highest BCUT2D eigenvalue weighted by Crippen LogP contribution is 2.24. The third kappa shape index (κ3) is 10.6. The van der Waals surface area contributed by atoms with Crippen LogP contribution in [0.5, 0.6) is 0 Å². The van der Waals surface area contributed by atoms with Crippen molar-refractivity contribution >= 4 is 5.91 Å². The third-order valence-corrected chi connectivity index (χ3v) is 7.64. The monoisotopic (exact) mass is 421 g/mol. The van der Waals surface area contributed by atoms with Gasteiger partial charge in [-0.2, -0.15) is 0 Å². The fraction of sp³-hybridized carbons (Fsp3) is 0.963. The molecule has 0 atom stereocenters. The highest BCUT2D eigenvalue weighted by atomic mass is 16.2. The molecule has 2 fully saturated rings. The van der Waals surface area contributed by atoms with E-state index in [9.17, 15) is 4.79 Å². The van der Waals surface area contributed by atoms with Gasteiger partial charge in [-0.3, -0.25) is 9.69 Å². The van der Waals surface area contributed by atoms with Crippen LogP contribution >= 0.6 is 0 Å². The van der Waals surface area contributed by atoms with E-state index in [1.54, 1.807) is 0 Å². The Bertz CT molecular complexity index is 431. The van der Waals surface area contributed by atoms with Crippen molar-refractivity contribution in [3.8, 4) is 0 Å². The first-order valence-corrected chi connectivity index (χ1v) is 13.9. The van der Waals surface area contributed by atoms with Crippen LogP contribution in [0.25, 0.3) is 0 Å². The minimum Gasteiger partial charge on any atom is -0.306 e. The van der Waals surface area contributed by atoms with Crippen LogP contribution in [0, 0.1) is 0 Å². The minimum atomic E-state index is 0.409. The van der Waals surface area contributed by atoms with Gasteiger partial charge in [0.05, 0.1) is 19.6 Å².